The van der Waals surface area contributed by atoms with E-state index in [0.29, 0.717) is 17.8 Å². The van der Waals surface area contributed by atoms with Crippen LogP contribution in [0.3, 0.4) is 0 Å². The van der Waals surface area contributed by atoms with E-state index in [9.17, 15) is 9.59 Å². The average molecular weight is 308 g/mol. The number of carbonyl (C=O) groups excluding carboxylic acids is 2. The molecule has 0 radical (unpaired) electrons. The van der Waals surface area contributed by atoms with Crippen molar-refractivity contribution >= 4 is 28.4 Å². The van der Waals surface area contributed by atoms with Crippen LogP contribution in [0.15, 0.2) is 48.7 Å². The number of hydrogen-bond acceptors (Lipinski definition) is 3. The summed E-state index contributed by atoms with van der Waals surface area (Å²) in [6.45, 7) is 1.92. The van der Waals surface area contributed by atoms with Crippen LogP contribution in [0.5, 0.6) is 0 Å². The third kappa shape index (κ3) is 3.37. The highest BCUT2D eigenvalue weighted by Crippen LogP contribution is 2.21. The van der Waals surface area contributed by atoms with Crippen LogP contribution < -0.4 is 10.6 Å². The Bertz CT molecular complexity index is 852. The minimum atomic E-state index is -0.196. The van der Waals surface area contributed by atoms with Gasteiger partial charge in [0, 0.05) is 24.4 Å². The summed E-state index contributed by atoms with van der Waals surface area (Å²) < 4.78 is 0. The number of anilines is 1. The van der Waals surface area contributed by atoms with Gasteiger partial charge >= 0.3 is 0 Å². The number of amides is 2. The largest absolute Gasteiger partial charge is 0.352 e. The lowest BCUT2D eigenvalue weighted by molar-refractivity contribution is -0.119. The molecule has 0 unspecified atom stereocenters. The number of H-pyrrole nitrogens is 1. The molecule has 0 fully saturated rings. The molecule has 116 valence electrons. The minimum Gasteiger partial charge on any atom is -0.352 e. The number of benzene rings is 2. The number of aromatic nitrogens is 2. The van der Waals surface area contributed by atoms with Crippen LogP contribution >= 0.6 is 0 Å². The minimum absolute atomic E-state index is 0.0838. The summed E-state index contributed by atoms with van der Waals surface area (Å²) in [6.07, 6.45) is 1.71. The van der Waals surface area contributed by atoms with Crippen molar-refractivity contribution in [1.82, 2.24) is 15.5 Å². The molecule has 23 heavy (non-hydrogen) atoms. The highest BCUT2D eigenvalue weighted by atomic mass is 16.2. The average Bonchev–Trinajstić information content (AvgIpc) is 3.03. The molecule has 0 aliphatic carbocycles. The van der Waals surface area contributed by atoms with Gasteiger partial charge in [0.1, 0.15) is 0 Å². The molecule has 0 spiro atoms. The van der Waals surface area contributed by atoms with Crippen molar-refractivity contribution in [3.05, 3.63) is 59.8 Å². The zero-order chi connectivity index (χ0) is 16.2. The molecule has 0 atom stereocenters. The van der Waals surface area contributed by atoms with Crippen molar-refractivity contribution in [2.45, 2.75) is 13.5 Å². The number of nitrogens with zero attached hydrogens (tertiary/aromatic N) is 1. The van der Waals surface area contributed by atoms with E-state index >= 15 is 0 Å². The van der Waals surface area contributed by atoms with E-state index in [4.69, 9.17) is 0 Å². The van der Waals surface area contributed by atoms with Gasteiger partial charge < -0.3 is 10.6 Å². The maximum Gasteiger partial charge on any atom is 0.255 e. The van der Waals surface area contributed by atoms with Gasteiger partial charge in [0.15, 0.2) is 0 Å². The van der Waals surface area contributed by atoms with Gasteiger partial charge in [0.05, 0.1) is 17.4 Å². The van der Waals surface area contributed by atoms with Gasteiger partial charge in [0.25, 0.3) is 5.91 Å². The quantitative estimate of drug-likeness (QED) is 0.692. The summed E-state index contributed by atoms with van der Waals surface area (Å²) in [6, 6.07) is 12.7. The van der Waals surface area contributed by atoms with Gasteiger partial charge in [-0.2, -0.15) is 5.10 Å². The summed E-state index contributed by atoms with van der Waals surface area (Å²) >= 11 is 0. The summed E-state index contributed by atoms with van der Waals surface area (Å²) in [5, 5.41) is 13.4. The third-order valence-corrected chi connectivity index (χ3v) is 3.48. The zero-order valence-electron chi connectivity index (χ0n) is 12.6. The molecule has 1 heterocycles. The molecule has 6 nitrogen and oxygen atoms in total. The van der Waals surface area contributed by atoms with Gasteiger partial charge in [-0.15, -0.1) is 0 Å². The molecule has 2 amide bonds. The van der Waals surface area contributed by atoms with Gasteiger partial charge in [-0.1, -0.05) is 24.3 Å². The lowest BCUT2D eigenvalue weighted by Gasteiger charge is -2.07. The van der Waals surface area contributed by atoms with Crippen LogP contribution in [0, 0.1) is 0 Å². The van der Waals surface area contributed by atoms with Crippen molar-refractivity contribution in [2.75, 3.05) is 5.32 Å². The number of rotatable bonds is 4. The lowest BCUT2D eigenvalue weighted by atomic mass is 10.1. The van der Waals surface area contributed by atoms with Crippen LogP contribution in [0.1, 0.15) is 22.8 Å². The second kappa shape index (κ2) is 6.31. The number of hydrogen-bond donors (Lipinski definition) is 3. The highest BCUT2D eigenvalue weighted by Gasteiger charge is 2.09. The van der Waals surface area contributed by atoms with E-state index in [2.05, 4.69) is 20.8 Å². The second-order valence-electron chi connectivity index (χ2n) is 5.20. The van der Waals surface area contributed by atoms with E-state index in [0.717, 1.165) is 16.5 Å². The van der Waals surface area contributed by atoms with Gasteiger partial charge in [-0.25, -0.2) is 0 Å². The monoisotopic (exact) mass is 308 g/mol. The number of carbonyl (C=O) groups is 2. The van der Waals surface area contributed by atoms with E-state index in [1.807, 2.05) is 30.3 Å². The normalized spacial score (nSPS) is 10.5. The topological polar surface area (TPSA) is 86.9 Å². The first-order valence-corrected chi connectivity index (χ1v) is 7.20. The fourth-order valence-electron chi connectivity index (χ4n) is 2.27. The molecule has 0 aliphatic heterocycles. The molecule has 3 N–H and O–H groups in total. The van der Waals surface area contributed by atoms with E-state index in [1.54, 1.807) is 18.3 Å². The maximum atomic E-state index is 12.3. The van der Waals surface area contributed by atoms with Crippen molar-refractivity contribution < 1.29 is 9.59 Å². The fraction of sp³-hybridized carbons (Fsp3) is 0.118. The van der Waals surface area contributed by atoms with Crippen molar-refractivity contribution in [3.63, 3.8) is 0 Å². The SMILES string of the molecule is CC(=O)NCc1ccc(C(=O)Nc2cccc3cn[nH]c23)cc1. The fourth-order valence-corrected chi connectivity index (χ4v) is 2.27. The molecule has 0 bridgehead atoms. The lowest BCUT2D eigenvalue weighted by Crippen LogP contribution is -2.19. The van der Waals surface area contributed by atoms with Crippen molar-refractivity contribution in [1.29, 1.82) is 0 Å². The number of nitrogens with one attached hydrogen (secondary N) is 3. The van der Waals surface area contributed by atoms with Gasteiger partial charge in [-0.3, -0.25) is 14.7 Å². The summed E-state index contributed by atoms with van der Waals surface area (Å²) in [4.78, 5) is 23.2. The molecule has 0 aliphatic rings. The Kier molecular flexibility index (Phi) is 4.05. The van der Waals surface area contributed by atoms with Gasteiger partial charge in [0.2, 0.25) is 5.91 Å². The van der Waals surface area contributed by atoms with Crippen molar-refractivity contribution in [2.24, 2.45) is 0 Å². The van der Waals surface area contributed by atoms with Crippen molar-refractivity contribution in [3.8, 4) is 0 Å². The third-order valence-electron chi connectivity index (χ3n) is 3.48. The predicted molar refractivity (Wildman–Crippen MR) is 88.0 cm³/mol. The van der Waals surface area contributed by atoms with Crippen LogP contribution in [0.2, 0.25) is 0 Å². The Morgan fingerprint density at radius 2 is 1.91 bits per heavy atom. The summed E-state index contributed by atoms with van der Waals surface area (Å²) in [7, 11) is 0. The summed E-state index contributed by atoms with van der Waals surface area (Å²) in [5.41, 5.74) is 2.97. The first kappa shape index (κ1) is 14.8. The first-order chi connectivity index (χ1) is 11.1. The van der Waals surface area contributed by atoms with Crippen LogP contribution in [0.25, 0.3) is 10.9 Å². The smallest absolute Gasteiger partial charge is 0.255 e. The number of aromatic amines is 1. The van der Waals surface area contributed by atoms with E-state index in [1.165, 1.54) is 6.92 Å². The summed E-state index contributed by atoms with van der Waals surface area (Å²) in [5.74, 6) is -0.280. The molecule has 2 aromatic carbocycles. The Morgan fingerprint density at radius 3 is 2.65 bits per heavy atom. The molecule has 0 saturated heterocycles. The molecular formula is C17H16N4O2. The predicted octanol–water partition coefficient (Wildman–Crippen LogP) is 2.45. The molecular weight excluding hydrogens is 292 g/mol. The first-order valence-electron chi connectivity index (χ1n) is 7.20. The van der Waals surface area contributed by atoms with E-state index in [-0.39, 0.29) is 11.8 Å². The molecule has 3 aromatic rings. The van der Waals surface area contributed by atoms with Crippen LogP contribution in [-0.2, 0) is 11.3 Å². The molecule has 0 saturated carbocycles. The maximum absolute atomic E-state index is 12.3. The second-order valence-corrected chi connectivity index (χ2v) is 5.20. The van der Waals surface area contributed by atoms with E-state index < -0.39 is 0 Å². The number of para-hydroxylation sites is 1. The zero-order valence-corrected chi connectivity index (χ0v) is 12.6. The molecule has 6 heteroatoms. The Morgan fingerprint density at radius 1 is 1.13 bits per heavy atom. The van der Waals surface area contributed by atoms with Crippen LogP contribution in [-0.4, -0.2) is 22.0 Å². The number of fused-ring (bicyclic) bond motifs is 1. The van der Waals surface area contributed by atoms with Gasteiger partial charge in [-0.05, 0) is 23.8 Å². The Labute approximate surface area is 132 Å². The highest BCUT2D eigenvalue weighted by molar-refractivity contribution is 6.08. The Balaban J connectivity index is 1.73. The standard InChI is InChI=1S/C17H16N4O2/c1-11(22)18-9-12-5-7-13(8-6-12)17(23)20-15-4-2-3-14-10-19-21-16(14)15/h2-8,10H,9H2,1H3,(H,18,22)(H,19,21)(H,20,23). The molecule has 3 rings (SSSR count). The Hall–Kier alpha value is -3.15. The molecule has 1 aromatic heterocycles. The van der Waals surface area contributed by atoms with Crippen LogP contribution in [0.4, 0.5) is 5.69 Å².